The third-order valence-electron chi connectivity index (χ3n) is 3.35. The van der Waals surface area contributed by atoms with Crippen molar-refractivity contribution in [2.24, 2.45) is 5.41 Å². The van der Waals surface area contributed by atoms with Gasteiger partial charge in [-0.15, -0.1) is 0 Å². The van der Waals surface area contributed by atoms with Crippen LogP contribution in [-0.4, -0.2) is 68.4 Å². The van der Waals surface area contributed by atoms with E-state index in [0.29, 0.717) is 0 Å². The molecule has 160 valence electrons. The van der Waals surface area contributed by atoms with E-state index in [1.807, 2.05) is 0 Å². The zero-order chi connectivity index (χ0) is 21.7. The summed E-state index contributed by atoms with van der Waals surface area (Å²) in [5, 5.41) is 49.7. The molecule has 0 amide bonds. The molecule has 6 N–H and O–H groups in total. The minimum atomic E-state index is -0.981. The Kier molecular flexibility index (Phi) is 22.4. The van der Waals surface area contributed by atoms with E-state index in [2.05, 4.69) is 6.58 Å². The van der Waals surface area contributed by atoms with E-state index in [9.17, 15) is 14.4 Å². The van der Waals surface area contributed by atoms with Gasteiger partial charge < -0.3 is 30.6 Å². The molecule has 27 heavy (non-hydrogen) atoms. The Morgan fingerprint density at radius 2 is 1.00 bits per heavy atom. The number of carbonyl (C=O) groups is 3. The van der Waals surface area contributed by atoms with Crippen LogP contribution in [0.25, 0.3) is 0 Å². The van der Waals surface area contributed by atoms with Gasteiger partial charge >= 0.3 is 17.9 Å². The maximum Gasteiger partial charge on any atom is 0.327 e. The number of aliphatic hydroxyl groups excluding tert-OH is 3. The third-order valence-corrected chi connectivity index (χ3v) is 3.35. The first-order valence-corrected chi connectivity index (χ1v) is 8.70. The molecule has 0 unspecified atom stereocenters. The van der Waals surface area contributed by atoms with Crippen molar-refractivity contribution in [1.82, 2.24) is 0 Å². The first kappa shape index (κ1) is 29.8. The maximum absolute atomic E-state index is 10.1. The van der Waals surface area contributed by atoms with Crippen LogP contribution < -0.4 is 0 Å². The molecule has 0 saturated carbocycles. The largest absolute Gasteiger partial charge is 0.481 e. The summed E-state index contributed by atoms with van der Waals surface area (Å²) in [6.45, 7) is 4.02. The van der Waals surface area contributed by atoms with Crippen molar-refractivity contribution in [3.05, 3.63) is 12.7 Å². The van der Waals surface area contributed by atoms with Gasteiger partial charge in [0.2, 0.25) is 0 Å². The Balaban J connectivity index is -0.000000372. The standard InChI is InChI=1S/C10H18O4.C5H12O3.C3H4O2/c11-9(12)7-5-3-1-2-4-6-8-10(13)14;1-5(2-6,3-7)4-8;1-2-3(4)5/h1-8H2,(H,11,12)(H,13,14);6-8H,2-4H2,1H3;2H,1H2,(H,4,5). The van der Waals surface area contributed by atoms with Crippen molar-refractivity contribution in [2.75, 3.05) is 19.8 Å². The van der Waals surface area contributed by atoms with Gasteiger partial charge in [0, 0.05) is 24.3 Å². The summed E-state index contributed by atoms with van der Waals surface area (Å²) >= 11 is 0. The van der Waals surface area contributed by atoms with E-state index < -0.39 is 23.3 Å². The highest BCUT2D eigenvalue weighted by Crippen LogP contribution is 2.11. The number of hydrogen-bond donors (Lipinski definition) is 6. The first-order valence-electron chi connectivity index (χ1n) is 8.70. The quantitative estimate of drug-likeness (QED) is 0.200. The van der Waals surface area contributed by atoms with Gasteiger partial charge in [0.1, 0.15) is 0 Å². The number of unbranched alkanes of at least 4 members (excludes halogenated alkanes) is 5. The van der Waals surface area contributed by atoms with Crippen LogP contribution in [-0.2, 0) is 14.4 Å². The summed E-state index contributed by atoms with van der Waals surface area (Å²) in [5.41, 5.74) is -0.708. The van der Waals surface area contributed by atoms with Crippen LogP contribution in [0.15, 0.2) is 12.7 Å². The predicted molar refractivity (Wildman–Crippen MR) is 99.4 cm³/mol. The summed E-state index contributed by atoms with van der Waals surface area (Å²) in [6.07, 6.45) is 6.66. The number of carboxylic acids is 3. The molecular formula is C18H34O9. The van der Waals surface area contributed by atoms with E-state index in [0.717, 1.165) is 44.6 Å². The minimum Gasteiger partial charge on any atom is -0.481 e. The molecule has 0 saturated heterocycles. The van der Waals surface area contributed by atoms with Gasteiger partial charge in [0.05, 0.1) is 19.8 Å². The van der Waals surface area contributed by atoms with Crippen LogP contribution >= 0.6 is 0 Å². The van der Waals surface area contributed by atoms with Crippen molar-refractivity contribution < 1.29 is 45.0 Å². The molecule has 0 aromatic rings. The van der Waals surface area contributed by atoms with Gasteiger partial charge in [-0.1, -0.05) is 39.2 Å². The monoisotopic (exact) mass is 394 g/mol. The normalized spacial score (nSPS) is 9.93. The number of aliphatic carboxylic acids is 3. The van der Waals surface area contributed by atoms with E-state index in [1.54, 1.807) is 6.92 Å². The van der Waals surface area contributed by atoms with E-state index in [1.165, 1.54) is 0 Å². The van der Waals surface area contributed by atoms with E-state index >= 15 is 0 Å². The second-order valence-corrected chi connectivity index (χ2v) is 6.24. The molecule has 9 nitrogen and oxygen atoms in total. The highest BCUT2D eigenvalue weighted by atomic mass is 16.4. The average Bonchev–Trinajstić information content (AvgIpc) is 2.63. The topological polar surface area (TPSA) is 173 Å². The first-order chi connectivity index (χ1) is 12.6. The summed E-state index contributed by atoms with van der Waals surface area (Å²) in [4.78, 5) is 29.5. The Hall–Kier alpha value is -1.97. The summed E-state index contributed by atoms with van der Waals surface area (Å²) in [7, 11) is 0. The lowest BCUT2D eigenvalue weighted by Gasteiger charge is -2.20. The van der Waals surface area contributed by atoms with Crippen LogP contribution in [0.2, 0.25) is 0 Å². The van der Waals surface area contributed by atoms with Crippen molar-refractivity contribution in [3.8, 4) is 0 Å². The Bertz CT molecular complexity index is 375. The molecule has 0 aromatic carbocycles. The van der Waals surface area contributed by atoms with Gasteiger partial charge in [-0.2, -0.15) is 0 Å². The molecule has 0 atom stereocenters. The third kappa shape index (κ3) is 29.1. The number of hydrogen-bond acceptors (Lipinski definition) is 6. The average molecular weight is 394 g/mol. The second-order valence-electron chi connectivity index (χ2n) is 6.24. The van der Waals surface area contributed by atoms with Gasteiger partial charge in [0.25, 0.3) is 0 Å². The molecule has 0 aliphatic rings. The van der Waals surface area contributed by atoms with E-state index in [4.69, 9.17) is 30.6 Å². The zero-order valence-corrected chi connectivity index (χ0v) is 16.0. The smallest absolute Gasteiger partial charge is 0.327 e. The van der Waals surface area contributed by atoms with Crippen molar-refractivity contribution in [1.29, 1.82) is 0 Å². The Morgan fingerprint density at radius 3 is 1.15 bits per heavy atom. The number of carboxylic acid groups (broad SMARTS) is 3. The van der Waals surface area contributed by atoms with Crippen LogP contribution in [0.3, 0.4) is 0 Å². The molecule has 0 spiro atoms. The molecule has 0 aliphatic carbocycles. The minimum absolute atomic E-state index is 0.181. The molecule has 0 aromatic heterocycles. The molecule has 0 heterocycles. The van der Waals surface area contributed by atoms with Crippen LogP contribution in [0.4, 0.5) is 0 Å². The molecule has 0 bridgehead atoms. The number of rotatable bonds is 13. The van der Waals surface area contributed by atoms with Crippen molar-refractivity contribution in [3.63, 3.8) is 0 Å². The van der Waals surface area contributed by atoms with E-state index in [-0.39, 0.29) is 32.7 Å². The molecule has 0 radical (unpaired) electrons. The fraction of sp³-hybridized carbons (Fsp3) is 0.722. The lowest BCUT2D eigenvalue weighted by atomic mass is 9.95. The summed E-state index contributed by atoms with van der Waals surface area (Å²) in [5.74, 6) is -2.46. The highest BCUT2D eigenvalue weighted by molar-refractivity contribution is 5.78. The van der Waals surface area contributed by atoms with Gasteiger partial charge in [-0.05, 0) is 12.8 Å². The summed E-state index contributed by atoms with van der Waals surface area (Å²) < 4.78 is 0. The fourth-order valence-electron chi connectivity index (χ4n) is 1.41. The lowest BCUT2D eigenvalue weighted by molar-refractivity contribution is -0.138. The van der Waals surface area contributed by atoms with Crippen molar-refractivity contribution >= 4 is 17.9 Å². The highest BCUT2D eigenvalue weighted by Gasteiger charge is 2.20. The van der Waals surface area contributed by atoms with Crippen LogP contribution in [0, 0.1) is 5.41 Å². The molecule has 0 fully saturated rings. The van der Waals surface area contributed by atoms with Crippen LogP contribution in [0.1, 0.15) is 58.3 Å². The zero-order valence-electron chi connectivity index (χ0n) is 16.0. The maximum atomic E-state index is 10.1. The van der Waals surface area contributed by atoms with Gasteiger partial charge in [-0.25, -0.2) is 4.79 Å². The van der Waals surface area contributed by atoms with Gasteiger partial charge in [-0.3, -0.25) is 9.59 Å². The fourth-order valence-corrected chi connectivity index (χ4v) is 1.41. The van der Waals surface area contributed by atoms with Crippen LogP contribution in [0.5, 0.6) is 0 Å². The van der Waals surface area contributed by atoms with Crippen molar-refractivity contribution in [2.45, 2.75) is 58.3 Å². The summed E-state index contributed by atoms with van der Waals surface area (Å²) in [6, 6.07) is 0. The molecule has 0 rings (SSSR count). The molecule has 9 heteroatoms. The lowest BCUT2D eigenvalue weighted by Crippen LogP contribution is -2.29. The Labute approximate surface area is 160 Å². The predicted octanol–water partition coefficient (Wildman–Crippen LogP) is 1.50. The number of aliphatic hydroxyl groups is 3. The molecule has 0 aliphatic heterocycles. The Morgan fingerprint density at radius 1 is 0.741 bits per heavy atom. The molecular weight excluding hydrogens is 360 g/mol. The van der Waals surface area contributed by atoms with Gasteiger partial charge in [0.15, 0.2) is 0 Å². The second kappa shape index (κ2) is 20.3. The SMILES string of the molecule is C=CC(=O)O.CC(CO)(CO)CO.O=C(O)CCCCCCCCC(=O)O.